The van der Waals surface area contributed by atoms with Crippen molar-refractivity contribution in [3.05, 3.63) is 53.1 Å². The third-order valence-electron chi connectivity index (χ3n) is 2.22. The minimum Gasteiger partial charge on any atom is -0.323 e. The largest absolute Gasteiger partial charge is 0.323 e. The van der Waals surface area contributed by atoms with Gasteiger partial charge >= 0.3 is 0 Å². The molecule has 1 aliphatic carbocycles. The molecule has 0 unspecified atom stereocenters. The van der Waals surface area contributed by atoms with E-state index in [-0.39, 0.29) is 0 Å². The van der Waals surface area contributed by atoms with E-state index in [0.717, 1.165) is 16.7 Å². The summed E-state index contributed by atoms with van der Waals surface area (Å²) < 4.78 is 0. The van der Waals surface area contributed by atoms with E-state index in [2.05, 4.69) is 11.7 Å². The minimum absolute atomic E-state index is 0.591. The molecule has 0 aliphatic heterocycles. The molecule has 1 aromatic carbocycles. The first-order valence-corrected chi connectivity index (χ1v) is 4.56. The standard InChI is InChI=1S/C11H9ClN2/c1-7-8-4-2-3-5-9(8)11(14-13)6-10(7)12/h2-6H,1,13H2/b14-11+. The summed E-state index contributed by atoms with van der Waals surface area (Å²) in [5, 5.41) is 4.28. The van der Waals surface area contributed by atoms with Gasteiger partial charge < -0.3 is 5.84 Å². The summed E-state index contributed by atoms with van der Waals surface area (Å²) in [5.74, 6) is 5.28. The second kappa shape index (κ2) is 3.31. The summed E-state index contributed by atoms with van der Waals surface area (Å²) in [6, 6.07) is 7.78. The lowest BCUT2D eigenvalue weighted by Gasteiger charge is -2.16. The van der Waals surface area contributed by atoms with Crippen LogP contribution in [0.3, 0.4) is 0 Å². The quantitative estimate of drug-likeness (QED) is 0.512. The number of allylic oxidation sites excluding steroid dienone is 3. The van der Waals surface area contributed by atoms with Crippen molar-refractivity contribution in [2.45, 2.75) is 0 Å². The van der Waals surface area contributed by atoms with Gasteiger partial charge in [0.15, 0.2) is 0 Å². The Morgan fingerprint density at radius 1 is 1.21 bits per heavy atom. The summed E-state index contributed by atoms with van der Waals surface area (Å²) in [5.41, 5.74) is 3.47. The van der Waals surface area contributed by atoms with Gasteiger partial charge in [0.25, 0.3) is 0 Å². The zero-order valence-corrected chi connectivity index (χ0v) is 8.25. The average Bonchev–Trinajstić information content (AvgIpc) is 2.23. The van der Waals surface area contributed by atoms with E-state index in [1.165, 1.54) is 0 Å². The molecule has 2 rings (SSSR count). The molecule has 0 bridgehead atoms. The monoisotopic (exact) mass is 204 g/mol. The molecule has 0 amide bonds. The Hall–Kier alpha value is -1.54. The van der Waals surface area contributed by atoms with Crippen LogP contribution < -0.4 is 5.84 Å². The van der Waals surface area contributed by atoms with E-state index in [0.29, 0.717) is 10.7 Å². The number of rotatable bonds is 0. The lowest BCUT2D eigenvalue weighted by Crippen LogP contribution is -2.09. The highest BCUT2D eigenvalue weighted by Crippen LogP contribution is 2.32. The molecule has 0 saturated heterocycles. The number of benzene rings is 1. The number of hydrogen-bond donors (Lipinski definition) is 1. The molecular weight excluding hydrogens is 196 g/mol. The summed E-state index contributed by atoms with van der Waals surface area (Å²) in [7, 11) is 0. The normalized spacial score (nSPS) is 17.9. The van der Waals surface area contributed by atoms with E-state index in [1.54, 1.807) is 6.08 Å². The van der Waals surface area contributed by atoms with Gasteiger partial charge in [-0.2, -0.15) is 5.10 Å². The fraction of sp³-hybridized carbons (Fsp3) is 0. The smallest absolute Gasteiger partial charge is 0.0920 e. The molecule has 70 valence electrons. The van der Waals surface area contributed by atoms with Crippen molar-refractivity contribution in [3.63, 3.8) is 0 Å². The number of nitrogens with two attached hydrogens (primary N) is 1. The maximum atomic E-state index is 5.99. The van der Waals surface area contributed by atoms with Crippen LogP contribution in [0.1, 0.15) is 11.1 Å². The Morgan fingerprint density at radius 2 is 1.86 bits per heavy atom. The van der Waals surface area contributed by atoms with Crippen LogP contribution >= 0.6 is 11.6 Å². The molecule has 1 aliphatic rings. The average molecular weight is 205 g/mol. The van der Waals surface area contributed by atoms with E-state index in [1.807, 2.05) is 24.3 Å². The Labute approximate surface area is 87.4 Å². The molecular formula is C11H9ClN2. The zero-order valence-electron chi connectivity index (χ0n) is 7.50. The van der Waals surface area contributed by atoms with Gasteiger partial charge in [0.2, 0.25) is 0 Å². The Bertz CT molecular complexity index is 458. The second-order valence-electron chi connectivity index (χ2n) is 3.03. The number of hydrazone groups is 1. The molecule has 0 fully saturated rings. The van der Waals surface area contributed by atoms with Gasteiger partial charge in [-0.1, -0.05) is 42.4 Å². The van der Waals surface area contributed by atoms with E-state index < -0.39 is 0 Å². The van der Waals surface area contributed by atoms with Gasteiger partial charge in [-0.15, -0.1) is 0 Å². The second-order valence-corrected chi connectivity index (χ2v) is 3.44. The number of halogens is 1. The van der Waals surface area contributed by atoms with Crippen LogP contribution in [-0.2, 0) is 0 Å². The highest BCUT2D eigenvalue weighted by molar-refractivity contribution is 6.40. The van der Waals surface area contributed by atoms with Crippen molar-refractivity contribution in [2.24, 2.45) is 10.9 Å². The topological polar surface area (TPSA) is 38.4 Å². The molecule has 0 heterocycles. The molecule has 14 heavy (non-hydrogen) atoms. The summed E-state index contributed by atoms with van der Waals surface area (Å²) in [6.07, 6.45) is 1.73. The molecule has 0 spiro atoms. The fourth-order valence-corrected chi connectivity index (χ4v) is 1.70. The van der Waals surface area contributed by atoms with Gasteiger partial charge in [0, 0.05) is 5.56 Å². The van der Waals surface area contributed by atoms with Crippen molar-refractivity contribution < 1.29 is 0 Å². The van der Waals surface area contributed by atoms with Gasteiger partial charge in [-0.25, -0.2) is 0 Å². The SMILES string of the molecule is C=C1C(Cl)=C/C(=N\N)c2ccccc21. The Kier molecular flexibility index (Phi) is 2.14. The lowest BCUT2D eigenvalue weighted by molar-refractivity contribution is 1.24. The first kappa shape index (κ1) is 9.03. The van der Waals surface area contributed by atoms with Crippen LogP contribution in [0.15, 0.2) is 47.1 Å². The molecule has 0 atom stereocenters. The third-order valence-corrected chi connectivity index (χ3v) is 2.56. The fourth-order valence-electron chi connectivity index (χ4n) is 1.49. The van der Waals surface area contributed by atoms with Gasteiger partial charge in [-0.3, -0.25) is 0 Å². The van der Waals surface area contributed by atoms with Crippen molar-refractivity contribution in [1.82, 2.24) is 0 Å². The lowest BCUT2D eigenvalue weighted by atomic mass is 9.92. The molecule has 3 heteroatoms. The summed E-state index contributed by atoms with van der Waals surface area (Å²) in [4.78, 5) is 0. The van der Waals surface area contributed by atoms with E-state index >= 15 is 0 Å². The van der Waals surface area contributed by atoms with Gasteiger partial charge in [0.05, 0.1) is 10.7 Å². The summed E-state index contributed by atoms with van der Waals surface area (Å²) >= 11 is 5.99. The van der Waals surface area contributed by atoms with Crippen LogP contribution in [0.4, 0.5) is 0 Å². The molecule has 1 aromatic rings. The minimum atomic E-state index is 0.591. The highest BCUT2D eigenvalue weighted by Gasteiger charge is 2.17. The van der Waals surface area contributed by atoms with Crippen LogP contribution in [0.5, 0.6) is 0 Å². The van der Waals surface area contributed by atoms with Crippen molar-refractivity contribution in [1.29, 1.82) is 0 Å². The predicted octanol–water partition coefficient (Wildman–Crippen LogP) is 2.50. The summed E-state index contributed by atoms with van der Waals surface area (Å²) in [6.45, 7) is 3.91. The Morgan fingerprint density at radius 3 is 2.50 bits per heavy atom. The number of nitrogens with zero attached hydrogens (tertiary/aromatic N) is 1. The Balaban J connectivity index is 2.70. The molecule has 2 nitrogen and oxygen atoms in total. The predicted molar refractivity (Wildman–Crippen MR) is 60.1 cm³/mol. The number of hydrogen-bond acceptors (Lipinski definition) is 2. The van der Waals surface area contributed by atoms with E-state index in [9.17, 15) is 0 Å². The van der Waals surface area contributed by atoms with Crippen molar-refractivity contribution in [2.75, 3.05) is 0 Å². The van der Waals surface area contributed by atoms with Crippen LogP contribution in [-0.4, -0.2) is 5.71 Å². The third kappa shape index (κ3) is 1.24. The maximum absolute atomic E-state index is 5.99. The first-order valence-electron chi connectivity index (χ1n) is 4.18. The molecule has 0 radical (unpaired) electrons. The van der Waals surface area contributed by atoms with Gasteiger partial charge in [0.1, 0.15) is 0 Å². The van der Waals surface area contributed by atoms with Crippen molar-refractivity contribution >= 4 is 22.9 Å². The van der Waals surface area contributed by atoms with Crippen LogP contribution in [0, 0.1) is 0 Å². The highest BCUT2D eigenvalue weighted by atomic mass is 35.5. The van der Waals surface area contributed by atoms with Crippen molar-refractivity contribution in [3.8, 4) is 0 Å². The molecule has 0 aromatic heterocycles. The maximum Gasteiger partial charge on any atom is 0.0920 e. The zero-order chi connectivity index (χ0) is 10.1. The first-order chi connectivity index (χ1) is 6.74. The molecule has 0 saturated carbocycles. The van der Waals surface area contributed by atoms with Gasteiger partial charge in [-0.05, 0) is 17.2 Å². The van der Waals surface area contributed by atoms with Crippen LogP contribution in [0.25, 0.3) is 5.57 Å². The molecule has 2 N–H and O–H groups in total. The number of fused-ring (bicyclic) bond motifs is 1. The van der Waals surface area contributed by atoms with Crippen LogP contribution in [0.2, 0.25) is 0 Å². The van der Waals surface area contributed by atoms with E-state index in [4.69, 9.17) is 17.4 Å².